The highest BCUT2D eigenvalue weighted by Gasteiger charge is 2.24. The molecule has 0 bridgehead atoms. The monoisotopic (exact) mass is 336 g/mol. The molecular formula is C15H16N2O3S2. The fraction of sp³-hybridized carbons (Fsp3) is 0.267. The number of fused-ring (bicyclic) bond motifs is 1. The van der Waals surface area contributed by atoms with Crippen molar-refractivity contribution in [1.29, 1.82) is 0 Å². The molecule has 0 aliphatic carbocycles. The van der Waals surface area contributed by atoms with Crippen molar-refractivity contribution in [2.75, 3.05) is 18.0 Å². The predicted molar refractivity (Wildman–Crippen MR) is 86.6 cm³/mol. The van der Waals surface area contributed by atoms with Gasteiger partial charge in [0.1, 0.15) is 4.21 Å². The number of thiophene rings is 1. The molecule has 116 valence electrons. The Morgan fingerprint density at radius 1 is 1.14 bits per heavy atom. The number of sulfonamides is 1. The Kier molecular flexibility index (Phi) is 4.28. The summed E-state index contributed by atoms with van der Waals surface area (Å²) in [5.74, 6) is 0.0361. The van der Waals surface area contributed by atoms with Gasteiger partial charge >= 0.3 is 0 Å². The number of hydrogen-bond donors (Lipinski definition) is 1. The number of benzene rings is 1. The number of rotatable bonds is 5. The van der Waals surface area contributed by atoms with Crippen LogP contribution >= 0.6 is 11.3 Å². The average molecular weight is 336 g/mol. The summed E-state index contributed by atoms with van der Waals surface area (Å²) < 4.78 is 27.0. The number of carbonyl (C=O) groups excluding carboxylic acids is 1. The SMILES string of the molecule is O=C1CCc2ccccc2N1CCNS(=O)(=O)c1cccs1. The smallest absolute Gasteiger partial charge is 0.250 e. The van der Waals surface area contributed by atoms with Crippen molar-refractivity contribution in [3.8, 4) is 0 Å². The molecule has 5 nitrogen and oxygen atoms in total. The Labute approximate surface area is 133 Å². The molecule has 22 heavy (non-hydrogen) atoms. The summed E-state index contributed by atoms with van der Waals surface area (Å²) in [4.78, 5) is 13.8. The molecule has 2 aromatic rings. The molecular weight excluding hydrogens is 320 g/mol. The largest absolute Gasteiger partial charge is 0.311 e. The van der Waals surface area contributed by atoms with Gasteiger partial charge in [0, 0.05) is 25.2 Å². The van der Waals surface area contributed by atoms with Gasteiger partial charge in [0.2, 0.25) is 15.9 Å². The van der Waals surface area contributed by atoms with E-state index in [1.807, 2.05) is 24.3 Å². The fourth-order valence-electron chi connectivity index (χ4n) is 2.52. The Morgan fingerprint density at radius 3 is 2.73 bits per heavy atom. The first-order chi connectivity index (χ1) is 10.6. The van der Waals surface area contributed by atoms with E-state index in [0.29, 0.717) is 13.0 Å². The van der Waals surface area contributed by atoms with Crippen LogP contribution in [0.15, 0.2) is 46.0 Å². The van der Waals surface area contributed by atoms with Gasteiger partial charge in [0.05, 0.1) is 0 Å². The highest BCUT2D eigenvalue weighted by Crippen LogP contribution is 2.27. The fourth-order valence-corrected chi connectivity index (χ4v) is 4.58. The molecule has 2 heterocycles. The van der Waals surface area contributed by atoms with Gasteiger partial charge < -0.3 is 4.90 Å². The lowest BCUT2D eigenvalue weighted by atomic mass is 10.0. The van der Waals surface area contributed by atoms with E-state index in [9.17, 15) is 13.2 Å². The lowest BCUT2D eigenvalue weighted by Gasteiger charge is -2.29. The van der Waals surface area contributed by atoms with E-state index in [2.05, 4.69) is 4.72 Å². The number of anilines is 1. The van der Waals surface area contributed by atoms with Gasteiger partial charge in [0.25, 0.3) is 0 Å². The molecule has 0 spiro atoms. The molecule has 1 aromatic heterocycles. The van der Waals surface area contributed by atoms with Crippen molar-refractivity contribution < 1.29 is 13.2 Å². The second-order valence-corrected chi connectivity index (χ2v) is 7.95. The number of amides is 1. The van der Waals surface area contributed by atoms with Crippen LogP contribution in [0.4, 0.5) is 5.69 Å². The number of carbonyl (C=O) groups is 1. The van der Waals surface area contributed by atoms with Crippen LogP contribution in [-0.4, -0.2) is 27.4 Å². The summed E-state index contributed by atoms with van der Waals surface area (Å²) in [6.45, 7) is 0.529. The van der Waals surface area contributed by atoms with E-state index in [-0.39, 0.29) is 16.7 Å². The van der Waals surface area contributed by atoms with E-state index < -0.39 is 10.0 Å². The first-order valence-electron chi connectivity index (χ1n) is 6.99. The van der Waals surface area contributed by atoms with E-state index in [4.69, 9.17) is 0 Å². The van der Waals surface area contributed by atoms with E-state index >= 15 is 0 Å². The van der Waals surface area contributed by atoms with Crippen LogP contribution < -0.4 is 9.62 Å². The van der Waals surface area contributed by atoms with Crippen LogP contribution in [0, 0.1) is 0 Å². The molecule has 1 aliphatic rings. The molecule has 0 saturated heterocycles. The standard InChI is InChI=1S/C15H16N2O3S2/c18-14-8-7-12-4-1-2-5-13(12)17(14)10-9-16-22(19,20)15-6-3-11-21-15/h1-6,11,16H,7-10H2. The Morgan fingerprint density at radius 2 is 1.95 bits per heavy atom. The molecule has 1 N–H and O–H groups in total. The second kappa shape index (κ2) is 6.20. The third-order valence-electron chi connectivity index (χ3n) is 3.58. The normalized spacial score (nSPS) is 14.9. The molecule has 7 heteroatoms. The number of para-hydroxylation sites is 1. The predicted octanol–water partition coefficient (Wildman–Crippen LogP) is 2.01. The van der Waals surface area contributed by atoms with Crippen molar-refractivity contribution in [1.82, 2.24) is 4.72 Å². The van der Waals surface area contributed by atoms with Gasteiger partial charge in [-0.2, -0.15) is 0 Å². The van der Waals surface area contributed by atoms with Gasteiger partial charge in [-0.15, -0.1) is 11.3 Å². The van der Waals surface area contributed by atoms with Crippen molar-refractivity contribution in [3.63, 3.8) is 0 Å². The number of nitrogens with zero attached hydrogens (tertiary/aromatic N) is 1. The number of hydrogen-bond acceptors (Lipinski definition) is 4. The van der Waals surface area contributed by atoms with Crippen LogP contribution in [0.1, 0.15) is 12.0 Å². The van der Waals surface area contributed by atoms with Crippen molar-refractivity contribution >= 4 is 33.0 Å². The van der Waals surface area contributed by atoms with E-state index in [1.54, 1.807) is 22.4 Å². The summed E-state index contributed by atoms with van der Waals surface area (Å²) in [6.07, 6.45) is 1.21. The lowest BCUT2D eigenvalue weighted by Crippen LogP contribution is -2.40. The maximum absolute atomic E-state index is 12.1. The van der Waals surface area contributed by atoms with E-state index in [1.165, 1.54) is 11.3 Å². The minimum absolute atomic E-state index is 0.0361. The summed E-state index contributed by atoms with van der Waals surface area (Å²) in [5, 5.41) is 1.72. The van der Waals surface area contributed by atoms with Crippen LogP contribution in [0.2, 0.25) is 0 Å². The first kappa shape index (κ1) is 15.2. The highest BCUT2D eigenvalue weighted by molar-refractivity contribution is 7.91. The maximum Gasteiger partial charge on any atom is 0.250 e. The molecule has 0 atom stereocenters. The van der Waals surface area contributed by atoms with Crippen molar-refractivity contribution in [2.24, 2.45) is 0 Å². The minimum Gasteiger partial charge on any atom is -0.311 e. The molecule has 0 unspecified atom stereocenters. The molecule has 3 rings (SSSR count). The van der Waals surface area contributed by atoms with Crippen LogP contribution in [0.25, 0.3) is 0 Å². The van der Waals surface area contributed by atoms with Crippen molar-refractivity contribution in [2.45, 2.75) is 17.1 Å². The summed E-state index contributed by atoms with van der Waals surface area (Å²) in [7, 11) is -3.48. The quantitative estimate of drug-likeness (QED) is 0.908. The van der Waals surface area contributed by atoms with Gasteiger partial charge in [-0.1, -0.05) is 24.3 Å². The average Bonchev–Trinajstić information content (AvgIpc) is 3.05. The Balaban J connectivity index is 1.68. The molecule has 0 radical (unpaired) electrons. The molecule has 0 fully saturated rings. The third-order valence-corrected chi connectivity index (χ3v) is 6.44. The Bertz CT molecular complexity index is 770. The van der Waals surface area contributed by atoms with Crippen LogP contribution in [0.3, 0.4) is 0 Å². The molecule has 1 aliphatic heterocycles. The lowest BCUT2D eigenvalue weighted by molar-refractivity contribution is -0.118. The highest BCUT2D eigenvalue weighted by atomic mass is 32.2. The second-order valence-electron chi connectivity index (χ2n) is 5.00. The summed E-state index contributed by atoms with van der Waals surface area (Å²) >= 11 is 1.17. The van der Waals surface area contributed by atoms with Gasteiger partial charge in [-0.3, -0.25) is 4.79 Å². The minimum atomic E-state index is -3.48. The van der Waals surface area contributed by atoms with Crippen LogP contribution in [-0.2, 0) is 21.2 Å². The van der Waals surface area contributed by atoms with Gasteiger partial charge in [-0.25, -0.2) is 13.1 Å². The zero-order valence-corrected chi connectivity index (χ0v) is 13.5. The summed E-state index contributed by atoms with van der Waals surface area (Å²) in [5.41, 5.74) is 2.01. The summed E-state index contributed by atoms with van der Waals surface area (Å²) in [6, 6.07) is 11.0. The van der Waals surface area contributed by atoms with E-state index in [0.717, 1.165) is 17.7 Å². The third kappa shape index (κ3) is 3.06. The zero-order valence-electron chi connectivity index (χ0n) is 11.9. The molecule has 1 aromatic carbocycles. The van der Waals surface area contributed by atoms with Crippen molar-refractivity contribution in [3.05, 3.63) is 47.3 Å². The maximum atomic E-state index is 12.1. The van der Waals surface area contributed by atoms with Gasteiger partial charge in [-0.05, 0) is 29.5 Å². The van der Waals surface area contributed by atoms with Crippen LogP contribution in [0.5, 0.6) is 0 Å². The topological polar surface area (TPSA) is 66.5 Å². The van der Waals surface area contributed by atoms with Gasteiger partial charge in [0.15, 0.2) is 0 Å². The molecule has 0 saturated carbocycles. The number of nitrogens with one attached hydrogen (secondary N) is 1. The molecule has 1 amide bonds. The Hall–Kier alpha value is -1.70. The zero-order chi connectivity index (χ0) is 15.6. The first-order valence-corrected chi connectivity index (χ1v) is 9.36. The number of aryl methyl sites for hydroxylation is 1.